The summed E-state index contributed by atoms with van der Waals surface area (Å²) in [5.41, 5.74) is 6.27. The molecule has 0 aromatic heterocycles. The van der Waals surface area contributed by atoms with Crippen LogP contribution in [-0.4, -0.2) is 11.8 Å². The molecule has 114 valence electrons. The van der Waals surface area contributed by atoms with Crippen molar-refractivity contribution in [2.75, 3.05) is 5.32 Å². The minimum absolute atomic E-state index is 0.0234. The predicted octanol–water partition coefficient (Wildman–Crippen LogP) is 3.41. The van der Waals surface area contributed by atoms with Crippen LogP contribution in [0.25, 0.3) is 0 Å². The molecular formula is C15H11Cl2FN2O2. The van der Waals surface area contributed by atoms with E-state index in [-0.39, 0.29) is 22.0 Å². The Bertz CT molecular complexity index is 733. The molecule has 2 amide bonds. The Labute approximate surface area is 136 Å². The molecule has 0 aliphatic heterocycles. The summed E-state index contributed by atoms with van der Waals surface area (Å²) >= 11 is 11.5. The van der Waals surface area contributed by atoms with Crippen molar-refractivity contribution in [1.82, 2.24) is 0 Å². The van der Waals surface area contributed by atoms with E-state index in [2.05, 4.69) is 5.32 Å². The number of rotatable bonds is 4. The third-order valence-electron chi connectivity index (χ3n) is 2.84. The Morgan fingerprint density at radius 1 is 1.09 bits per heavy atom. The van der Waals surface area contributed by atoms with E-state index in [1.54, 1.807) is 24.3 Å². The molecule has 0 saturated carbocycles. The van der Waals surface area contributed by atoms with Crippen LogP contribution < -0.4 is 11.1 Å². The van der Waals surface area contributed by atoms with Gasteiger partial charge in [-0.2, -0.15) is 0 Å². The van der Waals surface area contributed by atoms with Gasteiger partial charge >= 0.3 is 0 Å². The zero-order valence-corrected chi connectivity index (χ0v) is 12.7. The molecule has 0 heterocycles. The molecule has 3 N–H and O–H groups in total. The van der Waals surface area contributed by atoms with Crippen molar-refractivity contribution in [3.63, 3.8) is 0 Å². The molecule has 0 aliphatic carbocycles. The van der Waals surface area contributed by atoms with Crippen LogP contribution in [0.4, 0.5) is 10.1 Å². The maximum absolute atomic E-state index is 13.4. The van der Waals surface area contributed by atoms with Crippen molar-refractivity contribution in [2.45, 2.75) is 6.42 Å². The summed E-state index contributed by atoms with van der Waals surface area (Å²) in [7, 11) is 0. The Morgan fingerprint density at radius 3 is 2.32 bits per heavy atom. The number of carbonyl (C=O) groups excluding carboxylic acids is 2. The van der Waals surface area contributed by atoms with Crippen LogP contribution in [0.1, 0.15) is 15.9 Å². The molecular weight excluding hydrogens is 330 g/mol. The van der Waals surface area contributed by atoms with Gasteiger partial charge < -0.3 is 11.1 Å². The molecule has 2 aromatic rings. The number of nitrogens with two attached hydrogens (primary N) is 1. The first-order valence-electron chi connectivity index (χ1n) is 6.20. The number of amides is 2. The van der Waals surface area contributed by atoms with Gasteiger partial charge in [-0.15, -0.1) is 0 Å². The zero-order chi connectivity index (χ0) is 16.3. The fourth-order valence-corrected chi connectivity index (χ4v) is 2.27. The van der Waals surface area contributed by atoms with Crippen LogP contribution in [-0.2, 0) is 11.2 Å². The van der Waals surface area contributed by atoms with Crippen LogP contribution in [0.5, 0.6) is 0 Å². The normalized spacial score (nSPS) is 10.3. The summed E-state index contributed by atoms with van der Waals surface area (Å²) in [6.07, 6.45) is 0.114. The molecule has 0 spiro atoms. The highest BCUT2D eigenvalue weighted by molar-refractivity contribution is 6.37. The van der Waals surface area contributed by atoms with Crippen LogP contribution in [0, 0.1) is 5.82 Å². The first kappa shape index (κ1) is 16.3. The number of primary amides is 1. The van der Waals surface area contributed by atoms with Crippen molar-refractivity contribution in [3.05, 3.63) is 63.4 Å². The molecule has 0 saturated heterocycles. The van der Waals surface area contributed by atoms with Gasteiger partial charge in [0.2, 0.25) is 5.91 Å². The maximum atomic E-state index is 13.4. The lowest BCUT2D eigenvalue weighted by Gasteiger charge is -2.08. The van der Waals surface area contributed by atoms with Gasteiger partial charge in [0.1, 0.15) is 5.82 Å². The highest BCUT2D eigenvalue weighted by Crippen LogP contribution is 2.25. The monoisotopic (exact) mass is 340 g/mol. The van der Waals surface area contributed by atoms with Gasteiger partial charge in [0.05, 0.1) is 22.0 Å². The third-order valence-corrected chi connectivity index (χ3v) is 3.45. The van der Waals surface area contributed by atoms with E-state index in [4.69, 9.17) is 28.9 Å². The van der Waals surface area contributed by atoms with Crippen LogP contribution in [0.2, 0.25) is 10.0 Å². The van der Waals surface area contributed by atoms with Crippen molar-refractivity contribution < 1.29 is 14.0 Å². The van der Waals surface area contributed by atoms with Gasteiger partial charge in [0.15, 0.2) is 0 Å². The minimum Gasteiger partial charge on any atom is -0.369 e. The van der Waals surface area contributed by atoms with Crippen LogP contribution >= 0.6 is 23.2 Å². The number of benzene rings is 2. The van der Waals surface area contributed by atoms with E-state index in [1.165, 1.54) is 6.07 Å². The predicted molar refractivity (Wildman–Crippen MR) is 83.7 cm³/mol. The lowest BCUT2D eigenvalue weighted by molar-refractivity contribution is -0.117. The second-order valence-corrected chi connectivity index (χ2v) is 5.35. The van der Waals surface area contributed by atoms with E-state index >= 15 is 0 Å². The number of hydrogen-bond donors (Lipinski definition) is 2. The topological polar surface area (TPSA) is 72.2 Å². The van der Waals surface area contributed by atoms with Crippen molar-refractivity contribution in [2.24, 2.45) is 5.73 Å². The average molecular weight is 341 g/mol. The Morgan fingerprint density at radius 2 is 1.73 bits per heavy atom. The summed E-state index contributed by atoms with van der Waals surface area (Å²) in [5.74, 6) is -1.74. The van der Waals surface area contributed by atoms with E-state index in [0.29, 0.717) is 5.69 Å². The summed E-state index contributed by atoms with van der Waals surface area (Å²) in [6.45, 7) is 0. The van der Waals surface area contributed by atoms with Gasteiger partial charge in [0.25, 0.3) is 5.91 Å². The largest absolute Gasteiger partial charge is 0.369 e. The molecule has 7 heteroatoms. The minimum atomic E-state index is -0.729. The highest BCUT2D eigenvalue weighted by atomic mass is 35.5. The Balaban J connectivity index is 2.15. The SMILES string of the molecule is NC(=O)Cc1ccc(NC(=O)c2cc(F)c(Cl)cc2Cl)cc1. The van der Waals surface area contributed by atoms with E-state index < -0.39 is 17.6 Å². The van der Waals surface area contributed by atoms with Gasteiger partial charge in [-0.1, -0.05) is 35.3 Å². The molecule has 0 aliphatic rings. The zero-order valence-electron chi connectivity index (χ0n) is 11.2. The van der Waals surface area contributed by atoms with Crippen molar-refractivity contribution >= 4 is 40.7 Å². The molecule has 0 fully saturated rings. The summed E-state index contributed by atoms with van der Waals surface area (Å²) < 4.78 is 13.4. The van der Waals surface area contributed by atoms with E-state index in [9.17, 15) is 14.0 Å². The van der Waals surface area contributed by atoms with E-state index in [1.807, 2.05) is 0 Å². The maximum Gasteiger partial charge on any atom is 0.257 e. The standard InChI is InChI=1S/C15H11Cl2FN2O2/c16-11-7-12(17)13(18)6-10(11)15(22)20-9-3-1-8(2-4-9)5-14(19)21/h1-4,6-7H,5H2,(H2,19,21)(H,20,22). The van der Waals surface area contributed by atoms with E-state index in [0.717, 1.165) is 11.6 Å². The molecule has 0 radical (unpaired) electrons. The van der Waals surface area contributed by atoms with Gasteiger partial charge in [0, 0.05) is 5.69 Å². The van der Waals surface area contributed by atoms with Crippen LogP contribution in [0.3, 0.4) is 0 Å². The molecule has 0 atom stereocenters. The third kappa shape index (κ3) is 3.96. The van der Waals surface area contributed by atoms with Gasteiger partial charge in [-0.05, 0) is 29.8 Å². The number of halogens is 3. The molecule has 0 bridgehead atoms. The number of anilines is 1. The smallest absolute Gasteiger partial charge is 0.257 e. The average Bonchev–Trinajstić information content (AvgIpc) is 2.44. The molecule has 0 unspecified atom stereocenters. The molecule has 2 aromatic carbocycles. The van der Waals surface area contributed by atoms with Crippen molar-refractivity contribution in [3.8, 4) is 0 Å². The van der Waals surface area contributed by atoms with Crippen LogP contribution in [0.15, 0.2) is 36.4 Å². The summed E-state index contributed by atoms with van der Waals surface area (Å²) in [5, 5.41) is 2.47. The fourth-order valence-electron chi connectivity index (χ4n) is 1.80. The second-order valence-electron chi connectivity index (χ2n) is 4.54. The summed E-state index contributed by atoms with van der Waals surface area (Å²) in [4.78, 5) is 22.9. The van der Waals surface area contributed by atoms with Gasteiger partial charge in [-0.25, -0.2) is 4.39 Å². The summed E-state index contributed by atoms with van der Waals surface area (Å²) in [6, 6.07) is 8.67. The fraction of sp³-hybridized carbons (Fsp3) is 0.0667. The number of hydrogen-bond acceptors (Lipinski definition) is 2. The molecule has 22 heavy (non-hydrogen) atoms. The number of carbonyl (C=O) groups is 2. The molecule has 2 rings (SSSR count). The highest BCUT2D eigenvalue weighted by Gasteiger charge is 2.14. The first-order chi connectivity index (χ1) is 10.4. The van der Waals surface area contributed by atoms with Crippen molar-refractivity contribution in [1.29, 1.82) is 0 Å². The Kier molecular flexibility index (Phi) is 5.00. The molecule has 4 nitrogen and oxygen atoms in total. The Hall–Kier alpha value is -2.11. The quantitative estimate of drug-likeness (QED) is 0.837. The first-order valence-corrected chi connectivity index (χ1v) is 6.95. The number of nitrogens with one attached hydrogen (secondary N) is 1. The van der Waals surface area contributed by atoms with Gasteiger partial charge in [-0.3, -0.25) is 9.59 Å². The lowest BCUT2D eigenvalue weighted by Crippen LogP contribution is -2.14. The second kappa shape index (κ2) is 6.77. The lowest BCUT2D eigenvalue weighted by atomic mass is 10.1.